The molecule has 29 heavy (non-hydrogen) atoms. The molecule has 0 heterocycles. The van der Waals surface area contributed by atoms with Crippen molar-refractivity contribution in [2.24, 2.45) is 0 Å². The summed E-state index contributed by atoms with van der Waals surface area (Å²) in [6.07, 6.45) is 2.22. The zero-order valence-corrected chi connectivity index (χ0v) is 18.9. The molecular weight excluding hydrogens is 422 g/mol. The predicted octanol–water partition coefficient (Wildman–Crippen LogP) is 6.62. The minimum Gasteiger partial charge on any atom is -0.492 e. The number of halogens is 1. The summed E-state index contributed by atoms with van der Waals surface area (Å²) in [4.78, 5) is 2.12. The van der Waals surface area contributed by atoms with Crippen molar-refractivity contribution >= 4 is 21.5 Å². The highest BCUT2D eigenvalue weighted by Crippen LogP contribution is 2.38. The molecule has 0 bridgehead atoms. The van der Waals surface area contributed by atoms with Crippen LogP contribution in [0.3, 0.4) is 0 Å². The molecule has 0 aliphatic carbocycles. The quantitative estimate of drug-likeness (QED) is 0.382. The van der Waals surface area contributed by atoms with Crippen LogP contribution in [-0.2, 0) is 0 Å². The van der Waals surface area contributed by atoms with Crippen LogP contribution in [0, 0.1) is 0 Å². The first kappa shape index (κ1) is 21.4. The fourth-order valence-electron chi connectivity index (χ4n) is 3.44. The second-order valence-corrected chi connectivity index (χ2v) is 8.23. The van der Waals surface area contributed by atoms with E-state index in [1.807, 2.05) is 0 Å². The summed E-state index contributed by atoms with van der Waals surface area (Å²) in [5, 5.41) is 0. The van der Waals surface area contributed by atoms with Gasteiger partial charge < -0.3 is 9.64 Å². The van der Waals surface area contributed by atoms with E-state index < -0.39 is 0 Å². The number of ether oxygens (including phenoxy) is 1. The lowest BCUT2D eigenvalue weighted by atomic mass is 9.81. The molecule has 0 aromatic heterocycles. The lowest BCUT2D eigenvalue weighted by Gasteiger charge is -2.23. The second kappa shape index (κ2) is 10.4. The normalized spacial score (nSPS) is 12.8. The van der Waals surface area contributed by atoms with Gasteiger partial charge in [-0.25, -0.2) is 0 Å². The Bertz CT molecular complexity index is 915. The van der Waals surface area contributed by atoms with Crippen molar-refractivity contribution in [2.75, 3.05) is 27.2 Å². The Balaban J connectivity index is 1.93. The van der Waals surface area contributed by atoms with Crippen molar-refractivity contribution in [3.8, 4) is 5.75 Å². The van der Waals surface area contributed by atoms with Gasteiger partial charge in [0, 0.05) is 16.9 Å². The van der Waals surface area contributed by atoms with Gasteiger partial charge in [0.25, 0.3) is 0 Å². The highest BCUT2D eigenvalue weighted by atomic mass is 79.9. The summed E-state index contributed by atoms with van der Waals surface area (Å²) in [7, 11) is 4.11. The van der Waals surface area contributed by atoms with Crippen molar-refractivity contribution in [1.82, 2.24) is 4.90 Å². The van der Waals surface area contributed by atoms with Crippen LogP contribution in [0.2, 0.25) is 0 Å². The summed E-state index contributed by atoms with van der Waals surface area (Å²) in [6.45, 7) is 3.71. The van der Waals surface area contributed by atoms with E-state index in [2.05, 4.69) is 127 Å². The van der Waals surface area contributed by atoms with Crippen molar-refractivity contribution < 1.29 is 4.74 Å². The number of hydrogen-bond acceptors (Lipinski definition) is 2. The topological polar surface area (TPSA) is 12.5 Å². The van der Waals surface area contributed by atoms with Crippen molar-refractivity contribution in [1.29, 1.82) is 0 Å². The number of allylic oxidation sites excluding steroid dienone is 2. The van der Waals surface area contributed by atoms with Gasteiger partial charge in [-0.15, -0.1) is 0 Å². The maximum atomic E-state index is 5.88. The van der Waals surface area contributed by atoms with E-state index >= 15 is 0 Å². The Labute approximate surface area is 183 Å². The van der Waals surface area contributed by atoms with Gasteiger partial charge >= 0.3 is 0 Å². The van der Waals surface area contributed by atoms with Gasteiger partial charge in [0.2, 0.25) is 0 Å². The lowest BCUT2D eigenvalue weighted by molar-refractivity contribution is 0.261. The molecule has 0 aliphatic rings. The van der Waals surface area contributed by atoms with Crippen LogP contribution in [0.1, 0.15) is 29.5 Å². The summed E-state index contributed by atoms with van der Waals surface area (Å²) < 4.78 is 6.97. The Morgan fingerprint density at radius 2 is 1.52 bits per heavy atom. The molecule has 0 radical (unpaired) electrons. The Hall–Kier alpha value is -2.36. The summed E-state index contributed by atoms with van der Waals surface area (Å²) in [5.41, 5.74) is 5.07. The van der Waals surface area contributed by atoms with E-state index in [0.29, 0.717) is 6.61 Å². The average molecular weight is 450 g/mol. The fraction of sp³-hybridized carbons (Fsp3) is 0.231. The summed E-state index contributed by atoms with van der Waals surface area (Å²) in [5.74, 6) is 1.08. The first-order valence-corrected chi connectivity index (χ1v) is 10.7. The Kier molecular flexibility index (Phi) is 7.68. The van der Waals surface area contributed by atoms with E-state index in [0.717, 1.165) is 16.8 Å². The van der Waals surface area contributed by atoms with E-state index in [4.69, 9.17) is 4.74 Å². The zero-order valence-electron chi connectivity index (χ0n) is 17.3. The lowest BCUT2D eigenvalue weighted by Crippen LogP contribution is -2.19. The summed E-state index contributed by atoms with van der Waals surface area (Å²) >= 11 is 3.54. The molecule has 150 valence electrons. The molecule has 0 amide bonds. The Morgan fingerprint density at radius 1 is 0.897 bits per heavy atom. The van der Waals surface area contributed by atoms with Crippen molar-refractivity contribution in [2.45, 2.75) is 12.8 Å². The van der Waals surface area contributed by atoms with Crippen LogP contribution >= 0.6 is 15.9 Å². The molecule has 0 saturated carbocycles. The molecule has 3 rings (SSSR count). The first-order valence-electron chi connectivity index (χ1n) is 9.93. The van der Waals surface area contributed by atoms with Gasteiger partial charge in [0.05, 0.1) is 0 Å². The minimum absolute atomic E-state index is 0.165. The molecule has 3 aromatic rings. The van der Waals surface area contributed by atoms with E-state index in [1.165, 1.54) is 22.3 Å². The number of nitrogens with zero attached hydrogens (tertiary/aromatic N) is 1. The van der Waals surface area contributed by atoms with Crippen molar-refractivity contribution in [3.63, 3.8) is 0 Å². The number of likely N-dealkylation sites (N-methyl/N-ethyl adjacent to an activating group) is 1. The van der Waals surface area contributed by atoms with Crippen LogP contribution in [0.4, 0.5) is 0 Å². The molecule has 1 atom stereocenters. The van der Waals surface area contributed by atoms with Crippen LogP contribution in [0.5, 0.6) is 5.75 Å². The molecule has 3 aromatic carbocycles. The van der Waals surface area contributed by atoms with E-state index in [-0.39, 0.29) is 5.92 Å². The maximum Gasteiger partial charge on any atom is 0.119 e. The van der Waals surface area contributed by atoms with Crippen LogP contribution in [0.15, 0.2) is 89.4 Å². The summed E-state index contributed by atoms with van der Waals surface area (Å²) in [6, 6.07) is 27.8. The van der Waals surface area contributed by atoms with Gasteiger partial charge in [0.15, 0.2) is 0 Å². The maximum absolute atomic E-state index is 5.88. The molecule has 1 unspecified atom stereocenters. The Morgan fingerprint density at radius 3 is 2.10 bits per heavy atom. The number of benzene rings is 3. The molecule has 3 heteroatoms. The number of rotatable bonds is 8. The molecule has 0 aliphatic heterocycles. The SMILES string of the molecule is CC=C(c1ccc(Br)cc1)C(c1ccccc1)c1ccc(OCCN(C)C)cc1. The van der Waals surface area contributed by atoms with Crippen molar-refractivity contribution in [3.05, 3.63) is 106 Å². The van der Waals surface area contributed by atoms with Gasteiger partial charge in [-0.05, 0) is 67.5 Å². The first-order chi connectivity index (χ1) is 14.1. The molecule has 2 nitrogen and oxygen atoms in total. The average Bonchev–Trinajstić information content (AvgIpc) is 2.74. The molecule has 0 spiro atoms. The third-order valence-electron chi connectivity index (χ3n) is 4.95. The molecule has 0 N–H and O–H groups in total. The monoisotopic (exact) mass is 449 g/mol. The third kappa shape index (κ3) is 5.81. The van der Waals surface area contributed by atoms with Gasteiger partial charge in [-0.2, -0.15) is 0 Å². The van der Waals surface area contributed by atoms with Gasteiger partial charge in [-0.1, -0.05) is 76.6 Å². The van der Waals surface area contributed by atoms with Gasteiger partial charge in [0.1, 0.15) is 12.4 Å². The van der Waals surface area contributed by atoms with Crippen LogP contribution in [0.25, 0.3) is 5.57 Å². The van der Waals surface area contributed by atoms with E-state index in [9.17, 15) is 0 Å². The standard InChI is InChI=1S/C26H28BrNO/c1-4-25(20-10-14-23(27)15-11-20)26(21-8-6-5-7-9-21)22-12-16-24(17-13-22)29-19-18-28(2)3/h4-17,26H,18-19H2,1-3H3. The van der Waals surface area contributed by atoms with Gasteiger partial charge in [-0.3, -0.25) is 0 Å². The largest absolute Gasteiger partial charge is 0.492 e. The molecule has 0 fully saturated rings. The number of hydrogen-bond donors (Lipinski definition) is 0. The van der Waals surface area contributed by atoms with E-state index in [1.54, 1.807) is 0 Å². The van der Waals surface area contributed by atoms with Crippen LogP contribution < -0.4 is 4.74 Å². The smallest absolute Gasteiger partial charge is 0.119 e. The fourth-order valence-corrected chi connectivity index (χ4v) is 3.71. The molecule has 0 saturated heterocycles. The van der Waals surface area contributed by atoms with Crippen LogP contribution in [-0.4, -0.2) is 32.1 Å². The molecular formula is C26H28BrNO. The third-order valence-corrected chi connectivity index (χ3v) is 5.48. The highest BCUT2D eigenvalue weighted by Gasteiger charge is 2.20. The predicted molar refractivity (Wildman–Crippen MR) is 127 cm³/mol. The zero-order chi connectivity index (χ0) is 20.6. The minimum atomic E-state index is 0.165. The highest BCUT2D eigenvalue weighted by molar-refractivity contribution is 9.10. The second-order valence-electron chi connectivity index (χ2n) is 7.32.